The van der Waals surface area contributed by atoms with Gasteiger partial charge in [-0.2, -0.15) is 0 Å². The molecule has 0 amide bonds. The molecule has 0 bridgehead atoms. The Hall–Kier alpha value is -0.645. The van der Waals surface area contributed by atoms with Crippen LogP contribution in [0, 0.1) is 0 Å². The van der Waals surface area contributed by atoms with Crippen LogP contribution in [0.25, 0.3) is 0 Å². The predicted octanol–water partition coefficient (Wildman–Crippen LogP) is 1.93. The molecule has 2 N–H and O–H groups in total. The SMILES string of the molecule is CCCCSc1ccc(OB(O)O)cc1. The first-order valence-electron chi connectivity index (χ1n) is 4.98. The van der Waals surface area contributed by atoms with Gasteiger partial charge >= 0.3 is 7.32 Å². The van der Waals surface area contributed by atoms with Gasteiger partial charge < -0.3 is 14.7 Å². The molecule has 1 aromatic carbocycles. The molecule has 0 fully saturated rings. The van der Waals surface area contributed by atoms with Crippen LogP contribution < -0.4 is 4.65 Å². The van der Waals surface area contributed by atoms with Crippen LogP contribution in [-0.2, 0) is 0 Å². The Labute approximate surface area is 94.6 Å². The van der Waals surface area contributed by atoms with E-state index in [1.54, 1.807) is 23.9 Å². The minimum absolute atomic E-state index is 0.463. The van der Waals surface area contributed by atoms with Crippen molar-refractivity contribution < 1.29 is 14.7 Å². The zero-order valence-electron chi connectivity index (χ0n) is 8.72. The van der Waals surface area contributed by atoms with E-state index < -0.39 is 7.32 Å². The van der Waals surface area contributed by atoms with Gasteiger partial charge in [-0.05, 0) is 36.4 Å². The average molecular weight is 226 g/mol. The van der Waals surface area contributed by atoms with Crippen LogP contribution in [0.2, 0.25) is 0 Å². The normalized spacial score (nSPS) is 10.1. The number of rotatable bonds is 6. The second kappa shape index (κ2) is 6.77. The molecule has 5 heteroatoms. The van der Waals surface area contributed by atoms with Crippen molar-refractivity contribution in [1.29, 1.82) is 0 Å². The molecule has 0 aliphatic carbocycles. The van der Waals surface area contributed by atoms with Gasteiger partial charge in [-0.15, -0.1) is 11.8 Å². The van der Waals surface area contributed by atoms with E-state index in [1.165, 1.54) is 17.7 Å². The summed E-state index contributed by atoms with van der Waals surface area (Å²) in [7, 11) is -1.75. The number of unbranched alkanes of at least 4 members (excludes halogenated alkanes) is 1. The highest BCUT2D eigenvalue weighted by Crippen LogP contribution is 2.22. The number of benzene rings is 1. The topological polar surface area (TPSA) is 49.7 Å². The lowest BCUT2D eigenvalue weighted by molar-refractivity contribution is 0.288. The Bertz CT molecular complexity index is 277. The Balaban J connectivity index is 2.42. The van der Waals surface area contributed by atoms with Gasteiger partial charge in [-0.25, -0.2) is 0 Å². The van der Waals surface area contributed by atoms with Crippen LogP contribution in [0.3, 0.4) is 0 Å². The van der Waals surface area contributed by atoms with E-state index >= 15 is 0 Å². The molecule has 0 aliphatic rings. The van der Waals surface area contributed by atoms with Crippen LogP contribution in [0.15, 0.2) is 29.2 Å². The fraction of sp³-hybridized carbons (Fsp3) is 0.400. The number of thioether (sulfide) groups is 1. The van der Waals surface area contributed by atoms with E-state index in [0.717, 1.165) is 5.75 Å². The van der Waals surface area contributed by atoms with Crippen molar-refractivity contribution in [3.8, 4) is 5.75 Å². The summed E-state index contributed by atoms with van der Waals surface area (Å²) in [6.07, 6.45) is 2.41. The molecule has 1 aromatic rings. The molecular weight excluding hydrogens is 211 g/mol. The van der Waals surface area contributed by atoms with E-state index in [2.05, 4.69) is 6.92 Å². The fourth-order valence-corrected chi connectivity index (χ4v) is 2.07. The summed E-state index contributed by atoms with van der Waals surface area (Å²) in [5, 5.41) is 17.2. The summed E-state index contributed by atoms with van der Waals surface area (Å²) in [4.78, 5) is 1.17. The Morgan fingerprint density at radius 2 is 1.93 bits per heavy atom. The Morgan fingerprint density at radius 1 is 1.27 bits per heavy atom. The standard InChI is InChI=1S/C10H15BO3S/c1-2-3-8-15-10-6-4-9(5-7-10)14-11(12)13/h4-7,12-13H,2-3,8H2,1H3. The third-order valence-corrected chi connectivity index (χ3v) is 2.93. The van der Waals surface area contributed by atoms with E-state index in [-0.39, 0.29) is 0 Å². The third kappa shape index (κ3) is 5.11. The van der Waals surface area contributed by atoms with E-state index in [1.807, 2.05) is 12.1 Å². The van der Waals surface area contributed by atoms with E-state index in [9.17, 15) is 0 Å². The molecule has 0 saturated heterocycles. The highest BCUT2D eigenvalue weighted by Gasteiger charge is 2.10. The summed E-state index contributed by atoms with van der Waals surface area (Å²) in [6.45, 7) is 2.17. The monoisotopic (exact) mass is 226 g/mol. The van der Waals surface area contributed by atoms with Gasteiger partial charge in [0.25, 0.3) is 0 Å². The lowest BCUT2D eigenvalue weighted by Gasteiger charge is -2.05. The fourth-order valence-electron chi connectivity index (χ4n) is 1.07. The van der Waals surface area contributed by atoms with Crippen LogP contribution in [0.4, 0.5) is 0 Å². The second-order valence-electron chi connectivity index (χ2n) is 3.12. The molecule has 0 aliphatic heterocycles. The van der Waals surface area contributed by atoms with Crippen LogP contribution in [-0.4, -0.2) is 23.1 Å². The molecular formula is C10H15BO3S. The van der Waals surface area contributed by atoms with E-state index in [0.29, 0.717) is 5.75 Å². The van der Waals surface area contributed by atoms with Crippen molar-refractivity contribution >= 4 is 19.1 Å². The molecule has 0 aromatic heterocycles. The first-order valence-corrected chi connectivity index (χ1v) is 5.96. The van der Waals surface area contributed by atoms with Crippen LogP contribution in [0.5, 0.6) is 5.75 Å². The third-order valence-electron chi connectivity index (χ3n) is 1.83. The molecule has 1 rings (SSSR count). The zero-order valence-corrected chi connectivity index (χ0v) is 9.54. The molecule has 0 radical (unpaired) electrons. The minimum Gasteiger partial charge on any atom is -0.512 e. The maximum atomic E-state index is 8.58. The number of hydrogen-bond donors (Lipinski definition) is 2. The second-order valence-corrected chi connectivity index (χ2v) is 4.29. The quantitative estimate of drug-likeness (QED) is 0.442. The Morgan fingerprint density at radius 3 is 2.47 bits per heavy atom. The van der Waals surface area contributed by atoms with Gasteiger partial charge in [0, 0.05) is 4.90 Å². The highest BCUT2D eigenvalue weighted by molar-refractivity contribution is 7.99. The molecule has 0 atom stereocenters. The zero-order chi connectivity index (χ0) is 11.1. The van der Waals surface area contributed by atoms with Gasteiger partial charge in [0.2, 0.25) is 0 Å². The first-order chi connectivity index (χ1) is 7.22. The summed E-state index contributed by atoms with van der Waals surface area (Å²) < 4.78 is 4.70. The maximum Gasteiger partial charge on any atom is 0.707 e. The molecule has 3 nitrogen and oxygen atoms in total. The predicted molar refractivity (Wildman–Crippen MR) is 62.9 cm³/mol. The molecule has 0 saturated carbocycles. The van der Waals surface area contributed by atoms with Gasteiger partial charge in [0.15, 0.2) is 0 Å². The van der Waals surface area contributed by atoms with Crippen LogP contribution >= 0.6 is 11.8 Å². The summed E-state index contributed by atoms with van der Waals surface area (Å²) in [5.41, 5.74) is 0. The summed E-state index contributed by atoms with van der Waals surface area (Å²) in [6, 6.07) is 7.29. The van der Waals surface area contributed by atoms with Crippen LogP contribution in [0.1, 0.15) is 19.8 Å². The molecule has 0 unspecified atom stereocenters. The minimum atomic E-state index is -1.75. The average Bonchev–Trinajstić information content (AvgIpc) is 2.20. The van der Waals surface area contributed by atoms with Crippen molar-refractivity contribution in [3.05, 3.63) is 24.3 Å². The van der Waals surface area contributed by atoms with Crippen molar-refractivity contribution in [2.45, 2.75) is 24.7 Å². The molecule has 82 valence electrons. The molecule has 0 heterocycles. The molecule has 15 heavy (non-hydrogen) atoms. The van der Waals surface area contributed by atoms with Crippen molar-refractivity contribution in [3.63, 3.8) is 0 Å². The maximum absolute atomic E-state index is 8.58. The lowest BCUT2D eigenvalue weighted by Crippen LogP contribution is -2.20. The van der Waals surface area contributed by atoms with Crippen molar-refractivity contribution in [2.75, 3.05) is 5.75 Å². The highest BCUT2D eigenvalue weighted by atomic mass is 32.2. The molecule has 0 spiro atoms. The van der Waals surface area contributed by atoms with Gasteiger partial charge in [0.05, 0.1) is 0 Å². The van der Waals surface area contributed by atoms with Gasteiger partial charge in [-0.3, -0.25) is 0 Å². The largest absolute Gasteiger partial charge is 0.707 e. The first kappa shape index (κ1) is 12.4. The van der Waals surface area contributed by atoms with E-state index in [4.69, 9.17) is 14.7 Å². The summed E-state index contributed by atoms with van der Waals surface area (Å²) >= 11 is 1.79. The summed E-state index contributed by atoms with van der Waals surface area (Å²) in [5.74, 6) is 1.57. The number of hydrogen-bond acceptors (Lipinski definition) is 4. The van der Waals surface area contributed by atoms with Crippen molar-refractivity contribution in [2.24, 2.45) is 0 Å². The lowest BCUT2D eigenvalue weighted by atomic mass is 10.2. The van der Waals surface area contributed by atoms with Gasteiger partial charge in [-0.1, -0.05) is 13.3 Å². The Kier molecular flexibility index (Phi) is 5.61. The van der Waals surface area contributed by atoms with Gasteiger partial charge in [0.1, 0.15) is 5.75 Å². The van der Waals surface area contributed by atoms with Crippen molar-refractivity contribution in [1.82, 2.24) is 0 Å². The smallest absolute Gasteiger partial charge is 0.512 e.